The van der Waals surface area contributed by atoms with Gasteiger partial charge in [-0.2, -0.15) is 4.98 Å². The molecule has 0 saturated carbocycles. The van der Waals surface area contributed by atoms with Crippen molar-refractivity contribution in [2.75, 3.05) is 30.4 Å². The Kier molecular flexibility index (Phi) is 6.26. The van der Waals surface area contributed by atoms with Crippen molar-refractivity contribution in [2.45, 2.75) is 45.4 Å². The van der Waals surface area contributed by atoms with Gasteiger partial charge in [-0.1, -0.05) is 0 Å². The molecule has 0 bridgehead atoms. The number of hydrogen-bond donors (Lipinski definition) is 2. The summed E-state index contributed by atoms with van der Waals surface area (Å²) in [5.41, 5.74) is 0.671. The Bertz CT molecular complexity index is 774. The fraction of sp³-hybridized carbons (Fsp3) is 0.556. The Morgan fingerprint density at radius 2 is 2.12 bits per heavy atom. The number of fused-ring (bicyclic) bond motifs is 1. The number of rotatable bonds is 6. The highest BCUT2D eigenvalue weighted by Gasteiger charge is 2.19. The van der Waals surface area contributed by atoms with Crippen LogP contribution in [0.15, 0.2) is 16.6 Å². The first-order valence-electron chi connectivity index (χ1n) is 8.82. The van der Waals surface area contributed by atoms with Gasteiger partial charge in [-0.15, -0.1) is 0 Å². The number of benzene rings is 1. The quantitative estimate of drug-likeness (QED) is 0.728. The Morgan fingerprint density at radius 1 is 1.31 bits per heavy atom. The Labute approximate surface area is 161 Å². The van der Waals surface area contributed by atoms with Crippen LogP contribution in [-0.2, 0) is 9.47 Å². The van der Waals surface area contributed by atoms with Crippen molar-refractivity contribution in [3.63, 3.8) is 0 Å². The molecule has 1 saturated heterocycles. The lowest BCUT2D eigenvalue weighted by atomic mass is 10.2. The Morgan fingerprint density at radius 3 is 2.85 bits per heavy atom. The van der Waals surface area contributed by atoms with Crippen LogP contribution in [0.1, 0.15) is 27.2 Å². The molecular weight excluding hydrogens is 403 g/mol. The second-order valence-corrected chi connectivity index (χ2v) is 7.65. The summed E-state index contributed by atoms with van der Waals surface area (Å²) in [4.78, 5) is 9.00. The number of nitrogens with one attached hydrogen (secondary N) is 2. The van der Waals surface area contributed by atoms with Gasteiger partial charge in [-0.3, -0.25) is 0 Å². The number of nitrogens with zero attached hydrogens (tertiary/aromatic N) is 2. The lowest BCUT2D eigenvalue weighted by Crippen LogP contribution is -2.35. The number of ether oxygens (including phenoxy) is 2. The number of aromatic nitrogens is 2. The minimum absolute atomic E-state index is 0.0542. The molecule has 6 nitrogen and oxygen atoms in total. The molecule has 8 heteroatoms. The molecule has 0 amide bonds. The molecule has 1 fully saturated rings. The molecule has 3 rings (SSSR count). The molecule has 1 aromatic carbocycles. The van der Waals surface area contributed by atoms with Crippen molar-refractivity contribution in [3.8, 4) is 0 Å². The molecule has 0 radical (unpaired) electrons. The third-order valence-corrected chi connectivity index (χ3v) is 4.60. The highest BCUT2D eigenvalue weighted by Crippen LogP contribution is 2.28. The summed E-state index contributed by atoms with van der Waals surface area (Å²) in [6, 6.07) is 3.31. The standard InChI is InChI=1S/C18H24BrFN4O2/c1-10(2)22-18-23-16-7-14(19)15(20)6-13(16)17(24-18)21-5-4-12-9-25-8-11(3)26-12/h6-7,10-12H,4-5,8-9H2,1-3H3,(H2,21,22,23,24). The Hall–Kier alpha value is -1.51. The molecule has 1 aliphatic heterocycles. The van der Waals surface area contributed by atoms with Crippen LogP contribution in [0.3, 0.4) is 0 Å². The van der Waals surface area contributed by atoms with E-state index >= 15 is 0 Å². The minimum Gasteiger partial charge on any atom is -0.376 e. The van der Waals surface area contributed by atoms with Gasteiger partial charge in [0.15, 0.2) is 0 Å². The molecule has 2 aromatic rings. The molecule has 2 N–H and O–H groups in total. The van der Waals surface area contributed by atoms with Crippen LogP contribution in [-0.4, -0.2) is 48.0 Å². The van der Waals surface area contributed by atoms with E-state index in [1.54, 1.807) is 6.07 Å². The molecule has 2 atom stereocenters. The third kappa shape index (κ3) is 4.81. The summed E-state index contributed by atoms with van der Waals surface area (Å²) >= 11 is 3.22. The maximum Gasteiger partial charge on any atom is 0.225 e. The average molecular weight is 427 g/mol. The molecule has 0 aliphatic carbocycles. The van der Waals surface area contributed by atoms with E-state index in [0.717, 1.165) is 6.42 Å². The van der Waals surface area contributed by atoms with Gasteiger partial charge < -0.3 is 20.1 Å². The molecule has 1 aliphatic rings. The van der Waals surface area contributed by atoms with Crippen LogP contribution < -0.4 is 10.6 Å². The van der Waals surface area contributed by atoms with Gasteiger partial charge in [0.1, 0.15) is 11.6 Å². The van der Waals surface area contributed by atoms with Gasteiger partial charge in [0.05, 0.1) is 35.4 Å². The lowest BCUT2D eigenvalue weighted by Gasteiger charge is -2.28. The fourth-order valence-electron chi connectivity index (χ4n) is 2.86. The largest absolute Gasteiger partial charge is 0.376 e. The normalized spacial score (nSPS) is 20.5. The van der Waals surface area contributed by atoms with E-state index in [1.807, 2.05) is 20.8 Å². The zero-order valence-corrected chi connectivity index (χ0v) is 16.8. The van der Waals surface area contributed by atoms with Crippen molar-refractivity contribution >= 4 is 38.6 Å². The lowest BCUT2D eigenvalue weighted by molar-refractivity contribution is -0.131. The molecular formula is C18H24BrFN4O2. The van der Waals surface area contributed by atoms with E-state index in [9.17, 15) is 4.39 Å². The summed E-state index contributed by atoms with van der Waals surface area (Å²) in [5.74, 6) is 0.778. The summed E-state index contributed by atoms with van der Waals surface area (Å²) in [6.45, 7) is 7.91. The summed E-state index contributed by atoms with van der Waals surface area (Å²) in [6.07, 6.45) is 0.947. The van der Waals surface area contributed by atoms with Gasteiger partial charge >= 0.3 is 0 Å². The second-order valence-electron chi connectivity index (χ2n) is 6.80. The van der Waals surface area contributed by atoms with Gasteiger partial charge in [-0.05, 0) is 55.3 Å². The van der Waals surface area contributed by atoms with Gasteiger partial charge in [0.25, 0.3) is 0 Å². The first kappa shape index (κ1) is 19.3. The molecule has 142 valence electrons. The molecule has 1 aromatic heterocycles. The van der Waals surface area contributed by atoms with Crippen LogP contribution in [0.4, 0.5) is 16.2 Å². The number of halogens is 2. The van der Waals surface area contributed by atoms with E-state index in [0.29, 0.717) is 46.9 Å². The zero-order chi connectivity index (χ0) is 18.7. The topological polar surface area (TPSA) is 68.3 Å². The predicted molar refractivity (Wildman–Crippen MR) is 104 cm³/mol. The SMILES string of the molecule is CC(C)Nc1nc(NCCC2COCC(C)O2)c2cc(F)c(Br)cc2n1. The minimum atomic E-state index is -0.341. The van der Waals surface area contributed by atoms with Gasteiger partial charge in [0, 0.05) is 18.0 Å². The highest BCUT2D eigenvalue weighted by atomic mass is 79.9. The van der Waals surface area contributed by atoms with Gasteiger partial charge in [0.2, 0.25) is 5.95 Å². The van der Waals surface area contributed by atoms with E-state index in [1.165, 1.54) is 6.07 Å². The van der Waals surface area contributed by atoms with Crippen molar-refractivity contribution in [2.24, 2.45) is 0 Å². The van der Waals surface area contributed by atoms with Crippen molar-refractivity contribution in [1.82, 2.24) is 9.97 Å². The molecule has 2 heterocycles. The number of anilines is 2. The summed E-state index contributed by atoms with van der Waals surface area (Å²) in [5, 5.41) is 7.15. The second kappa shape index (κ2) is 8.45. The van der Waals surface area contributed by atoms with Crippen LogP contribution in [0.5, 0.6) is 0 Å². The van der Waals surface area contributed by atoms with E-state index in [4.69, 9.17) is 9.47 Å². The van der Waals surface area contributed by atoms with E-state index in [-0.39, 0.29) is 24.1 Å². The first-order chi connectivity index (χ1) is 12.4. The molecule has 0 spiro atoms. The number of hydrogen-bond acceptors (Lipinski definition) is 6. The monoisotopic (exact) mass is 426 g/mol. The predicted octanol–water partition coefficient (Wildman–Crippen LogP) is 3.96. The van der Waals surface area contributed by atoms with Crippen molar-refractivity contribution in [3.05, 3.63) is 22.4 Å². The van der Waals surface area contributed by atoms with E-state index < -0.39 is 0 Å². The van der Waals surface area contributed by atoms with Crippen LogP contribution >= 0.6 is 15.9 Å². The van der Waals surface area contributed by atoms with Crippen LogP contribution in [0.2, 0.25) is 0 Å². The van der Waals surface area contributed by atoms with Crippen LogP contribution in [0, 0.1) is 5.82 Å². The molecule has 2 unspecified atom stereocenters. The summed E-state index contributed by atoms with van der Waals surface area (Å²) < 4.78 is 25.8. The van der Waals surface area contributed by atoms with Crippen molar-refractivity contribution < 1.29 is 13.9 Å². The Balaban J connectivity index is 1.79. The van der Waals surface area contributed by atoms with Gasteiger partial charge in [-0.25, -0.2) is 9.37 Å². The highest BCUT2D eigenvalue weighted by molar-refractivity contribution is 9.10. The summed E-state index contributed by atoms with van der Waals surface area (Å²) in [7, 11) is 0. The van der Waals surface area contributed by atoms with E-state index in [2.05, 4.69) is 36.5 Å². The van der Waals surface area contributed by atoms with Crippen molar-refractivity contribution in [1.29, 1.82) is 0 Å². The third-order valence-electron chi connectivity index (χ3n) is 4.00. The maximum absolute atomic E-state index is 14.0. The first-order valence-corrected chi connectivity index (χ1v) is 9.62. The fourth-order valence-corrected chi connectivity index (χ4v) is 3.19. The maximum atomic E-state index is 14.0. The van der Waals surface area contributed by atoms with Crippen LogP contribution in [0.25, 0.3) is 10.9 Å². The zero-order valence-electron chi connectivity index (χ0n) is 15.2. The smallest absolute Gasteiger partial charge is 0.225 e. The molecule has 26 heavy (non-hydrogen) atoms. The average Bonchev–Trinajstić information content (AvgIpc) is 2.56.